The summed E-state index contributed by atoms with van der Waals surface area (Å²) in [6, 6.07) is 8.42. The molecule has 0 amide bonds. The predicted octanol–water partition coefficient (Wildman–Crippen LogP) is 1.85. The van der Waals surface area contributed by atoms with Crippen molar-refractivity contribution in [3.8, 4) is 0 Å². The SMILES string of the molecule is CCCNS(=O)(=O)c1ccc(Nc2ccn(C)n2)cc1. The minimum atomic E-state index is -3.41. The molecule has 20 heavy (non-hydrogen) atoms. The van der Waals surface area contributed by atoms with Crippen molar-refractivity contribution < 1.29 is 8.42 Å². The summed E-state index contributed by atoms with van der Waals surface area (Å²) < 4.78 is 28.1. The molecule has 2 N–H and O–H groups in total. The van der Waals surface area contributed by atoms with Gasteiger partial charge < -0.3 is 5.32 Å². The van der Waals surface area contributed by atoms with Crippen LogP contribution >= 0.6 is 0 Å². The highest BCUT2D eigenvalue weighted by Crippen LogP contribution is 2.17. The Morgan fingerprint density at radius 1 is 1.20 bits per heavy atom. The van der Waals surface area contributed by atoms with E-state index in [0.717, 1.165) is 12.1 Å². The van der Waals surface area contributed by atoms with Crippen LogP contribution in [-0.4, -0.2) is 24.7 Å². The monoisotopic (exact) mass is 294 g/mol. The fraction of sp³-hybridized carbons (Fsp3) is 0.308. The first kappa shape index (κ1) is 14.5. The van der Waals surface area contributed by atoms with Gasteiger partial charge in [-0.15, -0.1) is 0 Å². The molecule has 0 unspecified atom stereocenters. The first-order valence-corrected chi connectivity index (χ1v) is 7.86. The van der Waals surface area contributed by atoms with E-state index in [4.69, 9.17) is 0 Å². The van der Waals surface area contributed by atoms with Gasteiger partial charge in [-0.05, 0) is 30.7 Å². The van der Waals surface area contributed by atoms with Crippen molar-refractivity contribution >= 4 is 21.5 Å². The Balaban J connectivity index is 2.10. The van der Waals surface area contributed by atoms with Crippen molar-refractivity contribution in [1.29, 1.82) is 0 Å². The van der Waals surface area contributed by atoms with Gasteiger partial charge in [0.2, 0.25) is 10.0 Å². The maximum absolute atomic E-state index is 11.9. The molecule has 6 nitrogen and oxygen atoms in total. The second-order valence-corrected chi connectivity index (χ2v) is 6.19. The molecule has 108 valence electrons. The molecule has 1 heterocycles. The summed E-state index contributed by atoms with van der Waals surface area (Å²) in [7, 11) is -1.57. The van der Waals surface area contributed by atoms with Crippen LogP contribution in [0.25, 0.3) is 0 Å². The third-order valence-electron chi connectivity index (χ3n) is 2.69. The fourth-order valence-electron chi connectivity index (χ4n) is 1.67. The Labute approximate surface area is 118 Å². The number of hydrogen-bond acceptors (Lipinski definition) is 4. The van der Waals surface area contributed by atoms with Crippen LogP contribution in [0.15, 0.2) is 41.4 Å². The summed E-state index contributed by atoms with van der Waals surface area (Å²) in [6.45, 7) is 2.36. The third kappa shape index (κ3) is 3.58. The van der Waals surface area contributed by atoms with Crippen molar-refractivity contribution in [2.45, 2.75) is 18.2 Å². The molecule has 0 aliphatic heterocycles. The van der Waals surface area contributed by atoms with Crippen molar-refractivity contribution in [2.24, 2.45) is 7.05 Å². The Hall–Kier alpha value is -1.86. The van der Waals surface area contributed by atoms with Crippen LogP contribution in [0.5, 0.6) is 0 Å². The number of nitrogens with zero attached hydrogens (tertiary/aromatic N) is 2. The molecule has 0 fully saturated rings. The van der Waals surface area contributed by atoms with Crippen LogP contribution < -0.4 is 10.0 Å². The highest BCUT2D eigenvalue weighted by atomic mass is 32.2. The zero-order chi connectivity index (χ0) is 14.6. The van der Waals surface area contributed by atoms with Gasteiger partial charge >= 0.3 is 0 Å². The quantitative estimate of drug-likeness (QED) is 0.852. The summed E-state index contributed by atoms with van der Waals surface area (Å²) in [6.07, 6.45) is 2.59. The standard InChI is InChI=1S/C13H18N4O2S/c1-3-9-14-20(18,19)12-6-4-11(5-7-12)15-13-8-10-17(2)16-13/h4-8,10,14H,3,9H2,1-2H3,(H,15,16). The number of rotatable bonds is 6. The van der Waals surface area contributed by atoms with Gasteiger partial charge in [-0.3, -0.25) is 4.68 Å². The first-order valence-electron chi connectivity index (χ1n) is 6.37. The van der Waals surface area contributed by atoms with Crippen LogP contribution in [0, 0.1) is 0 Å². The van der Waals surface area contributed by atoms with E-state index in [9.17, 15) is 8.42 Å². The number of hydrogen-bond donors (Lipinski definition) is 2. The van der Waals surface area contributed by atoms with Gasteiger partial charge in [-0.1, -0.05) is 6.92 Å². The number of aryl methyl sites for hydroxylation is 1. The number of anilines is 2. The molecule has 0 saturated heterocycles. The smallest absolute Gasteiger partial charge is 0.240 e. The zero-order valence-corrected chi connectivity index (χ0v) is 12.3. The highest BCUT2D eigenvalue weighted by molar-refractivity contribution is 7.89. The second kappa shape index (κ2) is 6.06. The van der Waals surface area contributed by atoms with Crippen LogP contribution in [-0.2, 0) is 17.1 Å². The molecule has 0 saturated carbocycles. The average molecular weight is 294 g/mol. The van der Waals surface area contributed by atoms with E-state index >= 15 is 0 Å². The predicted molar refractivity (Wildman–Crippen MR) is 78.4 cm³/mol. The molecule has 2 aromatic rings. The molecule has 0 radical (unpaired) electrons. The van der Waals surface area contributed by atoms with E-state index in [-0.39, 0.29) is 4.90 Å². The molecule has 0 aliphatic carbocycles. The normalized spacial score (nSPS) is 11.5. The first-order chi connectivity index (χ1) is 9.51. The summed E-state index contributed by atoms with van der Waals surface area (Å²) in [5.74, 6) is 0.715. The molecular weight excluding hydrogens is 276 g/mol. The summed E-state index contributed by atoms with van der Waals surface area (Å²) in [5, 5.41) is 7.29. The Morgan fingerprint density at radius 2 is 1.90 bits per heavy atom. The van der Waals surface area contributed by atoms with E-state index in [0.29, 0.717) is 12.4 Å². The third-order valence-corrected chi connectivity index (χ3v) is 4.17. The van der Waals surface area contributed by atoms with Gasteiger partial charge in [0.25, 0.3) is 0 Å². The van der Waals surface area contributed by atoms with E-state index in [1.807, 2.05) is 26.2 Å². The van der Waals surface area contributed by atoms with Crippen LogP contribution in [0.3, 0.4) is 0 Å². The van der Waals surface area contributed by atoms with E-state index in [1.165, 1.54) is 0 Å². The summed E-state index contributed by atoms with van der Waals surface area (Å²) >= 11 is 0. The summed E-state index contributed by atoms with van der Waals surface area (Å²) in [4.78, 5) is 0.262. The number of nitrogens with one attached hydrogen (secondary N) is 2. The molecule has 0 bridgehead atoms. The largest absolute Gasteiger partial charge is 0.339 e. The van der Waals surface area contributed by atoms with Gasteiger partial charge in [0.1, 0.15) is 0 Å². The van der Waals surface area contributed by atoms with E-state index in [1.54, 1.807) is 28.9 Å². The molecule has 0 spiro atoms. The lowest BCUT2D eigenvalue weighted by Crippen LogP contribution is -2.24. The van der Waals surface area contributed by atoms with Gasteiger partial charge in [-0.25, -0.2) is 13.1 Å². The number of aromatic nitrogens is 2. The van der Waals surface area contributed by atoms with Crippen LogP contribution in [0.1, 0.15) is 13.3 Å². The van der Waals surface area contributed by atoms with Crippen LogP contribution in [0.4, 0.5) is 11.5 Å². The van der Waals surface area contributed by atoms with E-state index in [2.05, 4.69) is 15.1 Å². The molecule has 7 heteroatoms. The Morgan fingerprint density at radius 3 is 2.45 bits per heavy atom. The lowest BCUT2D eigenvalue weighted by atomic mass is 10.3. The van der Waals surface area contributed by atoms with Gasteiger partial charge in [-0.2, -0.15) is 5.10 Å². The summed E-state index contributed by atoms with van der Waals surface area (Å²) in [5.41, 5.74) is 0.790. The van der Waals surface area contributed by atoms with Crippen molar-refractivity contribution in [2.75, 3.05) is 11.9 Å². The Kier molecular flexibility index (Phi) is 4.41. The maximum Gasteiger partial charge on any atom is 0.240 e. The Bertz CT molecular complexity index is 662. The van der Waals surface area contributed by atoms with Crippen LogP contribution in [0.2, 0.25) is 0 Å². The van der Waals surface area contributed by atoms with E-state index < -0.39 is 10.0 Å². The topological polar surface area (TPSA) is 76.0 Å². The average Bonchev–Trinajstić information content (AvgIpc) is 2.82. The second-order valence-electron chi connectivity index (χ2n) is 4.42. The number of benzene rings is 1. The highest BCUT2D eigenvalue weighted by Gasteiger charge is 2.12. The van der Waals surface area contributed by atoms with Gasteiger partial charge in [0, 0.05) is 31.5 Å². The van der Waals surface area contributed by atoms with Crippen molar-refractivity contribution in [3.05, 3.63) is 36.5 Å². The zero-order valence-electron chi connectivity index (χ0n) is 11.5. The van der Waals surface area contributed by atoms with Gasteiger partial charge in [0.05, 0.1) is 4.90 Å². The lowest BCUT2D eigenvalue weighted by molar-refractivity contribution is 0.581. The lowest BCUT2D eigenvalue weighted by Gasteiger charge is -2.07. The van der Waals surface area contributed by atoms with Crippen molar-refractivity contribution in [1.82, 2.24) is 14.5 Å². The van der Waals surface area contributed by atoms with Crippen molar-refractivity contribution in [3.63, 3.8) is 0 Å². The molecular formula is C13H18N4O2S. The van der Waals surface area contributed by atoms with Gasteiger partial charge in [0.15, 0.2) is 5.82 Å². The molecule has 1 aromatic carbocycles. The maximum atomic E-state index is 11.9. The number of sulfonamides is 1. The molecule has 0 aliphatic rings. The molecule has 2 rings (SSSR count). The molecule has 0 atom stereocenters. The molecule has 1 aromatic heterocycles. The minimum absolute atomic E-state index is 0.262. The minimum Gasteiger partial charge on any atom is -0.339 e. The fourth-order valence-corrected chi connectivity index (χ4v) is 2.80.